The Morgan fingerprint density at radius 2 is 1.47 bits per heavy atom. The third-order valence-electron chi connectivity index (χ3n) is 4.77. The molecule has 0 unspecified atom stereocenters. The summed E-state index contributed by atoms with van der Waals surface area (Å²) in [6, 6.07) is 10.2. The Morgan fingerprint density at radius 1 is 0.947 bits per heavy atom. The first-order chi connectivity index (χ1) is 9.14. The molecular weight excluding hydrogens is 232 g/mol. The minimum absolute atomic E-state index is 0.413. The number of rotatable bonds is 7. The zero-order valence-electron chi connectivity index (χ0n) is 12.5. The average molecular weight is 260 g/mol. The van der Waals surface area contributed by atoms with Crippen LogP contribution in [-0.4, -0.2) is 5.11 Å². The first-order valence-corrected chi connectivity index (χ1v) is 7.92. The number of aliphatic hydroxyl groups is 1. The molecule has 1 saturated carbocycles. The molecule has 1 aromatic carbocycles. The molecule has 0 amide bonds. The van der Waals surface area contributed by atoms with E-state index in [0.717, 1.165) is 18.4 Å². The van der Waals surface area contributed by atoms with Crippen molar-refractivity contribution in [1.29, 1.82) is 0 Å². The van der Waals surface area contributed by atoms with Crippen LogP contribution in [0.15, 0.2) is 30.3 Å². The summed E-state index contributed by atoms with van der Waals surface area (Å²) >= 11 is 0. The monoisotopic (exact) mass is 260 g/mol. The van der Waals surface area contributed by atoms with E-state index in [2.05, 4.69) is 26.0 Å². The van der Waals surface area contributed by atoms with Crippen LogP contribution in [0.1, 0.15) is 70.8 Å². The molecule has 1 aromatic rings. The number of hydrogen-bond acceptors (Lipinski definition) is 1. The standard InChI is InChI=1S/C18H28O/c1-3-5-12-17(13-6-4-2)14-18(19,15-17)16-10-8-7-9-11-16/h7-11,19H,3-6,12-15H2,1-2H3. The van der Waals surface area contributed by atoms with Gasteiger partial charge in [0.2, 0.25) is 0 Å². The largest absolute Gasteiger partial charge is 0.385 e. The highest BCUT2D eigenvalue weighted by Gasteiger charge is 2.53. The molecule has 1 nitrogen and oxygen atoms in total. The van der Waals surface area contributed by atoms with E-state index in [0.29, 0.717) is 5.41 Å². The van der Waals surface area contributed by atoms with E-state index in [9.17, 15) is 5.11 Å². The van der Waals surface area contributed by atoms with Crippen LogP contribution < -0.4 is 0 Å². The van der Waals surface area contributed by atoms with Gasteiger partial charge in [-0.15, -0.1) is 0 Å². The van der Waals surface area contributed by atoms with Crippen molar-refractivity contribution >= 4 is 0 Å². The molecule has 0 atom stereocenters. The van der Waals surface area contributed by atoms with Crippen molar-refractivity contribution in [2.75, 3.05) is 0 Å². The van der Waals surface area contributed by atoms with Crippen LogP contribution in [0.3, 0.4) is 0 Å². The van der Waals surface area contributed by atoms with Gasteiger partial charge in [0.25, 0.3) is 0 Å². The number of hydrogen-bond donors (Lipinski definition) is 1. The van der Waals surface area contributed by atoms with Gasteiger partial charge in [0.1, 0.15) is 0 Å². The summed E-state index contributed by atoms with van der Waals surface area (Å²) in [4.78, 5) is 0. The number of unbranched alkanes of at least 4 members (excludes halogenated alkanes) is 2. The van der Waals surface area contributed by atoms with Gasteiger partial charge < -0.3 is 5.11 Å². The van der Waals surface area contributed by atoms with Crippen LogP contribution in [0.2, 0.25) is 0 Å². The Kier molecular flexibility index (Phi) is 4.67. The molecular formula is C18H28O. The quantitative estimate of drug-likeness (QED) is 0.728. The predicted molar refractivity (Wildman–Crippen MR) is 81.1 cm³/mol. The Bertz CT molecular complexity index is 366. The summed E-state index contributed by atoms with van der Waals surface area (Å²) in [6.45, 7) is 4.52. The van der Waals surface area contributed by atoms with E-state index in [1.807, 2.05) is 18.2 Å². The second kappa shape index (κ2) is 6.09. The fraction of sp³-hybridized carbons (Fsp3) is 0.667. The maximum absolute atomic E-state index is 10.8. The van der Waals surface area contributed by atoms with Gasteiger partial charge in [-0.25, -0.2) is 0 Å². The first kappa shape index (κ1) is 14.6. The molecule has 0 saturated heterocycles. The van der Waals surface area contributed by atoms with Crippen LogP contribution in [0, 0.1) is 5.41 Å². The van der Waals surface area contributed by atoms with Crippen molar-refractivity contribution in [3.05, 3.63) is 35.9 Å². The van der Waals surface area contributed by atoms with Gasteiger partial charge in [-0.3, -0.25) is 0 Å². The summed E-state index contributed by atoms with van der Waals surface area (Å²) in [5, 5.41) is 10.8. The van der Waals surface area contributed by atoms with Crippen LogP contribution >= 0.6 is 0 Å². The maximum atomic E-state index is 10.8. The highest BCUT2D eigenvalue weighted by atomic mass is 16.3. The van der Waals surface area contributed by atoms with Gasteiger partial charge in [-0.05, 0) is 36.7 Å². The first-order valence-electron chi connectivity index (χ1n) is 7.92. The molecule has 0 aliphatic heterocycles. The average Bonchev–Trinajstić information content (AvgIpc) is 2.41. The molecule has 1 aliphatic rings. The van der Waals surface area contributed by atoms with Crippen molar-refractivity contribution in [2.45, 2.75) is 70.8 Å². The normalized spacial score (nSPS) is 19.9. The zero-order chi connectivity index (χ0) is 13.8. The Hall–Kier alpha value is -0.820. The molecule has 1 fully saturated rings. The topological polar surface area (TPSA) is 20.2 Å². The van der Waals surface area contributed by atoms with Crippen LogP contribution in [0.25, 0.3) is 0 Å². The third kappa shape index (κ3) is 3.20. The second-order valence-corrected chi connectivity index (χ2v) is 6.46. The van der Waals surface area contributed by atoms with Crippen molar-refractivity contribution in [3.63, 3.8) is 0 Å². The van der Waals surface area contributed by atoms with E-state index < -0.39 is 5.60 Å². The predicted octanol–water partition coefficient (Wildman–Crippen LogP) is 5.03. The molecule has 1 N–H and O–H groups in total. The van der Waals surface area contributed by atoms with Gasteiger partial charge >= 0.3 is 0 Å². The van der Waals surface area contributed by atoms with Crippen molar-refractivity contribution < 1.29 is 5.11 Å². The molecule has 0 spiro atoms. The molecule has 106 valence electrons. The highest BCUT2D eigenvalue weighted by molar-refractivity contribution is 5.27. The lowest BCUT2D eigenvalue weighted by Gasteiger charge is -2.54. The molecule has 2 rings (SSSR count). The van der Waals surface area contributed by atoms with E-state index in [1.54, 1.807) is 0 Å². The van der Waals surface area contributed by atoms with Gasteiger partial charge in [0.15, 0.2) is 0 Å². The summed E-state index contributed by atoms with van der Waals surface area (Å²) in [7, 11) is 0. The van der Waals surface area contributed by atoms with Gasteiger partial charge in [0, 0.05) is 0 Å². The molecule has 1 heteroatoms. The lowest BCUT2D eigenvalue weighted by Crippen LogP contribution is -2.49. The van der Waals surface area contributed by atoms with Crippen molar-refractivity contribution in [2.24, 2.45) is 5.41 Å². The summed E-state index contributed by atoms with van der Waals surface area (Å²) < 4.78 is 0. The van der Waals surface area contributed by atoms with Gasteiger partial charge in [0.05, 0.1) is 5.60 Å². The van der Waals surface area contributed by atoms with E-state index in [1.165, 1.54) is 38.5 Å². The fourth-order valence-electron chi connectivity index (χ4n) is 3.72. The second-order valence-electron chi connectivity index (χ2n) is 6.46. The fourth-order valence-corrected chi connectivity index (χ4v) is 3.72. The summed E-state index contributed by atoms with van der Waals surface area (Å²) in [5.41, 5.74) is 0.970. The lowest BCUT2D eigenvalue weighted by molar-refractivity contribution is -0.143. The van der Waals surface area contributed by atoms with Gasteiger partial charge in [-0.2, -0.15) is 0 Å². The maximum Gasteiger partial charge on any atom is 0.0907 e. The summed E-state index contributed by atoms with van der Waals surface area (Å²) in [6.07, 6.45) is 9.63. The third-order valence-corrected chi connectivity index (χ3v) is 4.77. The molecule has 19 heavy (non-hydrogen) atoms. The summed E-state index contributed by atoms with van der Waals surface area (Å²) in [5.74, 6) is 0. The van der Waals surface area contributed by atoms with E-state index in [4.69, 9.17) is 0 Å². The smallest absolute Gasteiger partial charge is 0.0907 e. The van der Waals surface area contributed by atoms with Crippen LogP contribution in [0.5, 0.6) is 0 Å². The lowest BCUT2D eigenvalue weighted by atomic mass is 9.53. The van der Waals surface area contributed by atoms with Crippen molar-refractivity contribution in [1.82, 2.24) is 0 Å². The molecule has 0 bridgehead atoms. The SMILES string of the molecule is CCCCC1(CCCC)CC(O)(c2ccccc2)C1. The molecule has 0 radical (unpaired) electrons. The Morgan fingerprint density at radius 3 is 1.95 bits per heavy atom. The number of benzene rings is 1. The van der Waals surface area contributed by atoms with Crippen LogP contribution in [0.4, 0.5) is 0 Å². The van der Waals surface area contributed by atoms with Crippen LogP contribution in [-0.2, 0) is 5.60 Å². The van der Waals surface area contributed by atoms with E-state index in [-0.39, 0.29) is 0 Å². The minimum atomic E-state index is -0.553. The molecule has 0 heterocycles. The zero-order valence-corrected chi connectivity index (χ0v) is 12.5. The highest BCUT2D eigenvalue weighted by Crippen LogP contribution is 2.59. The molecule has 1 aliphatic carbocycles. The Labute approximate surface area is 118 Å². The van der Waals surface area contributed by atoms with Gasteiger partial charge in [-0.1, -0.05) is 69.9 Å². The van der Waals surface area contributed by atoms with Crippen molar-refractivity contribution in [3.8, 4) is 0 Å². The molecule has 0 aromatic heterocycles. The minimum Gasteiger partial charge on any atom is -0.385 e. The Balaban J connectivity index is 2.03. The van der Waals surface area contributed by atoms with E-state index >= 15 is 0 Å².